The number of halogens is 1. The van der Waals surface area contributed by atoms with Crippen molar-refractivity contribution in [1.29, 1.82) is 0 Å². The maximum atomic E-state index is 11.7. The van der Waals surface area contributed by atoms with Crippen molar-refractivity contribution < 1.29 is 14.3 Å². The lowest BCUT2D eigenvalue weighted by atomic mass is 10.1. The Hall–Kier alpha value is -1.78. The number of hydrogen-bond donors (Lipinski definition) is 2. The van der Waals surface area contributed by atoms with E-state index in [9.17, 15) is 9.90 Å². The highest BCUT2D eigenvalue weighted by atomic mass is 35.5. The molecule has 0 aliphatic rings. The summed E-state index contributed by atoms with van der Waals surface area (Å²) in [5.74, 6) is 0.106. The van der Waals surface area contributed by atoms with Gasteiger partial charge in [-0.05, 0) is 18.2 Å². The lowest BCUT2D eigenvalue weighted by molar-refractivity contribution is -0.129. The number of furan rings is 1. The van der Waals surface area contributed by atoms with Crippen LogP contribution in [0.5, 0.6) is 0 Å². The van der Waals surface area contributed by atoms with E-state index in [4.69, 9.17) is 16.0 Å². The van der Waals surface area contributed by atoms with Crippen molar-refractivity contribution in [2.24, 2.45) is 0 Å². The molecule has 0 unspecified atom stereocenters. The molecule has 0 spiro atoms. The van der Waals surface area contributed by atoms with Gasteiger partial charge in [-0.2, -0.15) is 0 Å². The van der Waals surface area contributed by atoms with Crippen LogP contribution in [0.1, 0.15) is 17.4 Å². The van der Waals surface area contributed by atoms with Gasteiger partial charge in [-0.15, -0.1) is 0 Å². The second-order valence-corrected chi connectivity index (χ2v) is 4.13. The van der Waals surface area contributed by atoms with Crippen molar-refractivity contribution in [2.45, 2.75) is 12.6 Å². The van der Waals surface area contributed by atoms with Gasteiger partial charge < -0.3 is 14.8 Å². The fourth-order valence-corrected chi connectivity index (χ4v) is 1.76. The van der Waals surface area contributed by atoms with Gasteiger partial charge in [-0.3, -0.25) is 4.79 Å². The van der Waals surface area contributed by atoms with E-state index in [1.807, 2.05) is 0 Å². The van der Waals surface area contributed by atoms with Crippen molar-refractivity contribution in [3.05, 3.63) is 59.0 Å². The van der Waals surface area contributed by atoms with E-state index in [-0.39, 0.29) is 6.54 Å². The Morgan fingerprint density at radius 1 is 1.33 bits per heavy atom. The van der Waals surface area contributed by atoms with Gasteiger partial charge in [0.25, 0.3) is 5.91 Å². The van der Waals surface area contributed by atoms with Gasteiger partial charge in [0.2, 0.25) is 0 Å². The third-order valence-corrected chi connectivity index (χ3v) is 2.81. The quantitative estimate of drug-likeness (QED) is 0.892. The fourth-order valence-electron chi connectivity index (χ4n) is 1.52. The van der Waals surface area contributed by atoms with Crippen molar-refractivity contribution in [3.8, 4) is 0 Å². The van der Waals surface area contributed by atoms with Gasteiger partial charge >= 0.3 is 0 Å². The van der Waals surface area contributed by atoms with Crippen LogP contribution in [0.15, 0.2) is 47.1 Å². The molecule has 2 aromatic rings. The number of aliphatic hydroxyl groups excluding tert-OH is 1. The van der Waals surface area contributed by atoms with Crippen LogP contribution >= 0.6 is 11.6 Å². The van der Waals surface area contributed by atoms with Crippen LogP contribution in [0.2, 0.25) is 5.02 Å². The van der Waals surface area contributed by atoms with Crippen LogP contribution in [-0.4, -0.2) is 11.0 Å². The van der Waals surface area contributed by atoms with Crippen molar-refractivity contribution in [1.82, 2.24) is 5.32 Å². The van der Waals surface area contributed by atoms with E-state index in [1.54, 1.807) is 36.4 Å². The number of nitrogens with one attached hydrogen (secondary N) is 1. The molecule has 0 saturated heterocycles. The Kier molecular flexibility index (Phi) is 4.02. The SMILES string of the molecule is O=C(NCc1ccco1)[C@H](O)c1ccccc1Cl. The Balaban J connectivity index is 1.99. The second kappa shape index (κ2) is 5.71. The highest BCUT2D eigenvalue weighted by Gasteiger charge is 2.19. The molecular formula is C13H12ClNO3. The van der Waals surface area contributed by atoms with Gasteiger partial charge in [-0.1, -0.05) is 29.8 Å². The Bertz CT molecular complexity index is 525. The zero-order valence-electron chi connectivity index (χ0n) is 9.47. The topological polar surface area (TPSA) is 62.5 Å². The summed E-state index contributed by atoms with van der Waals surface area (Å²) < 4.78 is 5.07. The molecule has 0 bridgehead atoms. The molecule has 1 aromatic heterocycles. The smallest absolute Gasteiger partial charge is 0.253 e. The predicted molar refractivity (Wildman–Crippen MR) is 67.0 cm³/mol. The molecule has 0 aliphatic heterocycles. The molecule has 1 amide bonds. The third-order valence-electron chi connectivity index (χ3n) is 2.47. The molecule has 2 rings (SSSR count). The normalized spacial score (nSPS) is 12.1. The summed E-state index contributed by atoms with van der Waals surface area (Å²) in [7, 11) is 0. The maximum absolute atomic E-state index is 11.7. The fraction of sp³-hybridized carbons (Fsp3) is 0.154. The molecule has 4 nitrogen and oxygen atoms in total. The first-order valence-corrected chi connectivity index (χ1v) is 5.79. The number of benzene rings is 1. The van der Waals surface area contributed by atoms with E-state index in [0.717, 1.165) is 0 Å². The van der Waals surface area contributed by atoms with E-state index >= 15 is 0 Å². The van der Waals surface area contributed by atoms with E-state index < -0.39 is 12.0 Å². The molecule has 1 atom stereocenters. The Morgan fingerprint density at radius 2 is 2.11 bits per heavy atom. The Morgan fingerprint density at radius 3 is 2.78 bits per heavy atom. The van der Waals surface area contributed by atoms with Crippen LogP contribution in [0.25, 0.3) is 0 Å². The zero-order chi connectivity index (χ0) is 13.0. The molecule has 0 saturated carbocycles. The number of carbonyl (C=O) groups is 1. The van der Waals surface area contributed by atoms with Gasteiger partial charge in [0.15, 0.2) is 6.10 Å². The molecule has 0 fully saturated rings. The summed E-state index contributed by atoms with van der Waals surface area (Å²) in [6, 6.07) is 10.1. The summed E-state index contributed by atoms with van der Waals surface area (Å²) in [5, 5.41) is 12.8. The predicted octanol–water partition coefficient (Wildman–Crippen LogP) is 2.28. The molecule has 2 N–H and O–H groups in total. The van der Waals surface area contributed by atoms with E-state index in [1.165, 1.54) is 6.26 Å². The van der Waals surface area contributed by atoms with Crippen molar-refractivity contribution in [2.75, 3.05) is 0 Å². The number of carbonyl (C=O) groups excluding carboxylic acids is 1. The third kappa shape index (κ3) is 2.91. The van der Waals surface area contributed by atoms with Crippen LogP contribution in [0, 0.1) is 0 Å². The van der Waals surface area contributed by atoms with E-state index in [0.29, 0.717) is 16.3 Å². The summed E-state index contributed by atoms with van der Waals surface area (Å²) in [4.78, 5) is 11.7. The lowest BCUT2D eigenvalue weighted by Crippen LogP contribution is -2.28. The molecule has 0 aliphatic carbocycles. The molecule has 0 radical (unpaired) electrons. The van der Waals surface area contributed by atoms with Gasteiger partial charge in [0.05, 0.1) is 12.8 Å². The first-order chi connectivity index (χ1) is 8.68. The van der Waals surface area contributed by atoms with Crippen LogP contribution in [0.4, 0.5) is 0 Å². The van der Waals surface area contributed by atoms with Crippen LogP contribution < -0.4 is 5.32 Å². The molecule has 5 heteroatoms. The largest absolute Gasteiger partial charge is 0.467 e. The molecule has 18 heavy (non-hydrogen) atoms. The molecule has 94 valence electrons. The van der Waals surface area contributed by atoms with Gasteiger partial charge in [0.1, 0.15) is 5.76 Å². The standard InChI is InChI=1S/C13H12ClNO3/c14-11-6-2-1-5-10(11)12(16)13(17)15-8-9-4-3-7-18-9/h1-7,12,16H,8H2,(H,15,17)/t12-/m1/s1. The average Bonchev–Trinajstić information content (AvgIpc) is 2.89. The summed E-state index contributed by atoms with van der Waals surface area (Å²) in [6.45, 7) is 0.230. The molecule has 1 aromatic carbocycles. The summed E-state index contributed by atoms with van der Waals surface area (Å²) in [6.07, 6.45) is 0.236. The zero-order valence-corrected chi connectivity index (χ0v) is 10.2. The number of amides is 1. The first kappa shape index (κ1) is 12.7. The van der Waals surface area contributed by atoms with Crippen LogP contribution in [0.3, 0.4) is 0 Å². The van der Waals surface area contributed by atoms with Gasteiger partial charge in [0, 0.05) is 10.6 Å². The highest BCUT2D eigenvalue weighted by molar-refractivity contribution is 6.31. The molecule has 1 heterocycles. The van der Waals surface area contributed by atoms with Crippen molar-refractivity contribution in [3.63, 3.8) is 0 Å². The minimum Gasteiger partial charge on any atom is -0.467 e. The average molecular weight is 266 g/mol. The first-order valence-electron chi connectivity index (χ1n) is 5.41. The molecular weight excluding hydrogens is 254 g/mol. The second-order valence-electron chi connectivity index (χ2n) is 3.72. The monoisotopic (exact) mass is 265 g/mol. The summed E-state index contributed by atoms with van der Waals surface area (Å²) >= 11 is 5.90. The summed E-state index contributed by atoms with van der Waals surface area (Å²) in [5.41, 5.74) is 0.385. The lowest BCUT2D eigenvalue weighted by Gasteiger charge is -2.12. The van der Waals surface area contributed by atoms with Crippen molar-refractivity contribution >= 4 is 17.5 Å². The van der Waals surface area contributed by atoms with E-state index in [2.05, 4.69) is 5.32 Å². The van der Waals surface area contributed by atoms with Crippen LogP contribution in [-0.2, 0) is 11.3 Å². The minimum atomic E-state index is -1.28. The number of aliphatic hydroxyl groups is 1. The minimum absolute atomic E-state index is 0.230. The number of rotatable bonds is 4. The number of hydrogen-bond acceptors (Lipinski definition) is 3. The maximum Gasteiger partial charge on any atom is 0.253 e. The Labute approximate surface area is 109 Å². The van der Waals surface area contributed by atoms with Gasteiger partial charge in [-0.25, -0.2) is 0 Å². The highest BCUT2D eigenvalue weighted by Crippen LogP contribution is 2.22.